The molecule has 108 valence electrons. The van der Waals surface area contributed by atoms with Gasteiger partial charge in [-0.05, 0) is 49.8 Å². The largest absolute Gasteiger partial charge is 0.466 e. The van der Waals surface area contributed by atoms with Crippen molar-refractivity contribution in [1.29, 1.82) is 0 Å². The van der Waals surface area contributed by atoms with Crippen LogP contribution in [0.1, 0.15) is 59.6 Å². The van der Waals surface area contributed by atoms with Crippen LogP contribution in [-0.2, 0) is 6.42 Å². The summed E-state index contributed by atoms with van der Waals surface area (Å²) in [7, 11) is 0. The summed E-state index contributed by atoms with van der Waals surface area (Å²) in [6.45, 7) is 10.5. The number of benzene rings is 1. The van der Waals surface area contributed by atoms with E-state index in [0.717, 1.165) is 23.5 Å². The molecule has 0 amide bonds. The summed E-state index contributed by atoms with van der Waals surface area (Å²) in [6, 6.07) is 8.78. The van der Waals surface area contributed by atoms with Crippen LogP contribution in [0, 0.1) is 20.8 Å². The smallest absolute Gasteiger partial charge is 0.106 e. The lowest BCUT2D eigenvalue weighted by atomic mass is 9.95. The minimum atomic E-state index is -0.00245. The fraction of sp³-hybridized carbons (Fsp3) is 0.444. The quantitative estimate of drug-likeness (QED) is 0.884. The van der Waals surface area contributed by atoms with Gasteiger partial charge in [0.05, 0.1) is 0 Å². The van der Waals surface area contributed by atoms with E-state index in [0.29, 0.717) is 5.92 Å². The van der Waals surface area contributed by atoms with Crippen LogP contribution in [0.3, 0.4) is 0 Å². The minimum absolute atomic E-state index is 0.00245. The van der Waals surface area contributed by atoms with Gasteiger partial charge in [0, 0.05) is 11.6 Å². The summed E-state index contributed by atoms with van der Waals surface area (Å²) in [4.78, 5) is 0. The molecule has 0 saturated carbocycles. The molecule has 0 radical (unpaired) electrons. The predicted molar refractivity (Wildman–Crippen MR) is 84.1 cm³/mol. The van der Waals surface area contributed by atoms with E-state index in [-0.39, 0.29) is 6.04 Å². The summed E-state index contributed by atoms with van der Waals surface area (Å²) in [6.07, 6.45) is 0.846. The highest BCUT2D eigenvalue weighted by Gasteiger charge is 2.18. The van der Waals surface area contributed by atoms with Crippen molar-refractivity contribution in [2.24, 2.45) is 5.73 Å². The van der Waals surface area contributed by atoms with E-state index in [1.165, 1.54) is 16.7 Å². The highest BCUT2D eigenvalue weighted by Crippen LogP contribution is 2.28. The normalized spacial score (nSPS) is 12.9. The summed E-state index contributed by atoms with van der Waals surface area (Å²) in [5, 5.41) is 0. The molecule has 0 spiro atoms. The molecule has 1 aromatic heterocycles. The third-order valence-corrected chi connectivity index (χ3v) is 4.09. The monoisotopic (exact) mass is 271 g/mol. The molecule has 20 heavy (non-hydrogen) atoms. The summed E-state index contributed by atoms with van der Waals surface area (Å²) < 4.78 is 5.67. The molecule has 0 aliphatic rings. The number of nitrogens with two attached hydrogens (primary N) is 1. The average molecular weight is 271 g/mol. The van der Waals surface area contributed by atoms with Crippen molar-refractivity contribution in [3.63, 3.8) is 0 Å². The van der Waals surface area contributed by atoms with Crippen LogP contribution in [0.4, 0.5) is 0 Å². The van der Waals surface area contributed by atoms with Gasteiger partial charge in [0.25, 0.3) is 0 Å². The third kappa shape index (κ3) is 2.96. The molecule has 1 heterocycles. The van der Waals surface area contributed by atoms with Crippen LogP contribution in [0.25, 0.3) is 0 Å². The highest BCUT2D eigenvalue weighted by atomic mass is 16.3. The Bertz CT molecular complexity index is 578. The topological polar surface area (TPSA) is 39.2 Å². The van der Waals surface area contributed by atoms with Gasteiger partial charge in [-0.1, -0.05) is 38.1 Å². The van der Waals surface area contributed by atoms with E-state index >= 15 is 0 Å². The number of hydrogen-bond donors (Lipinski definition) is 1. The Labute approximate surface area is 122 Å². The maximum atomic E-state index is 6.38. The molecule has 2 heteroatoms. The van der Waals surface area contributed by atoms with E-state index in [1.54, 1.807) is 0 Å². The first-order valence-corrected chi connectivity index (χ1v) is 7.31. The SMILES string of the molecule is Cc1oc(C)c(C(N)Cc2ccc(C(C)C)cc2)c1C. The van der Waals surface area contributed by atoms with E-state index in [1.807, 2.05) is 13.8 Å². The van der Waals surface area contributed by atoms with Crippen LogP contribution in [-0.4, -0.2) is 0 Å². The van der Waals surface area contributed by atoms with Crippen LogP contribution in [0.5, 0.6) is 0 Å². The standard InChI is InChI=1S/C18H25NO/c1-11(2)16-8-6-15(7-9-16)10-17(19)18-12(3)13(4)20-14(18)5/h6-9,11,17H,10,19H2,1-5H3. The summed E-state index contributed by atoms with van der Waals surface area (Å²) >= 11 is 0. The van der Waals surface area contributed by atoms with Crippen molar-refractivity contribution in [2.75, 3.05) is 0 Å². The fourth-order valence-electron chi connectivity index (χ4n) is 2.75. The zero-order valence-corrected chi connectivity index (χ0v) is 13.2. The molecule has 0 fully saturated rings. The van der Waals surface area contributed by atoms with Gasteiger partial charge in [-0.15, -0.1) is 0 Å². The lowest BCUT2D eigenvalue weighted by molar-refractivity contribution is 0.496. The molecule has 2 nitrogen and oxygen atoms in total. The summed E-state index contributed by atoms with van der Waals surface area (Å²) in [5.41, 5.74) is 11.4. The second-order valence-electron chi connectivity index (χ2n) is 5.96. The zero-order valence-electron chi connectivity index (χ0n) is 13.2. The van der Waals surface area contributed by atoms with Crippen molar-refractivity contribution in [3.8, 4) is 0 Å². The Morgan fingerprint density at radius 1 is 1.00 bits per heavy atom. The summed E-state index contributed by atoms with van der Waals surface area (Å²) in [5.74, 6) is 2.49. The van der Waals surface area contributed by atoms with Crippen LogP contribution in [0.15, 0.2) is 28.7 Å². The molecule has 0 aliphatic heterocycles. The van der Waals surface area contributed by atoms with E-state index in [9.17, 15) is 0 Å². The second-order valence-corrected chi connectivity index (χ2v) is 5.96. The van der Waals surface area contributed by atoms with Gasteiger partial charge in [-0.25, -0.2) is 0 Å². The molecule has 0 bridgehead atoms. The maximum Gasteiger partial charge on any atom is 0.106 e. The van der Waals surface area contributed by atoms with Gasteiger partial charge in [-0.3, -0.25) is 0 Å². The molecule has 1 unspecified atom stereocenters. The zero-order chi connectivity index (χ0) is 14.9. The van der Waals surface area contributed by atoms with Gasteiger partial charge < -0.3 is 10.2 Å². The van der Waals surface area contributed by atoms with E-state index < -0.39 is 0 Å². The van der Waals surface area contributed by atoms with Crippen molar-refractivity contribution in [1.82, 2.24) is 0 Å². The molecular formula is C18H25NO. The van der Waals surface area contributed by atoms with Gasteiger partial charge in [-0.2, -0.15) is 0 Å². The Morgan fingerprint density at radius 2 is 1.60 bits per heavy atom. The number of hydrogen-bond acceptors (Lipinski definition) is 2. The average Bonchev–Trinajstić information content (AvgIpc) is 2.63. The van der Waals surface area contributed by atoms with E-state index in [2.05, 4.69) is 45.0 Å². The molecule has 1 atom stereocenters. The van der Waals surface area contributed by atoms with Crippen LogP contribution in [0.2, 0.25) is 0 Å². The molecule has 2 aromatic rings. The van der Waals surface area contributed by atoms with E-state index in [4.69, 9.17) is 10.2 Å². The molecule has 0 aliphatic carbocycles. The molecule has 2 rings (SSSR count). The molecular weight excluding hydrogens is 246 g/mol. The first kappa shape index (κ1) is 14.9. The van der Waals surface area contributed by atoms with Gasteiger partial charge in [0.1, 0.15) is 11.5 Å². The van der Waals surface area contributed by atoms with Gasteiger partial charge in [0.15, 0.2) is 0 Å². The minimum Gasteiger partial charge on any atom is -0.466 e. The Kier molecular flexibility index (Phi) is 4.34. The van der Waals surface area contributed by atoms with Crippen LogP contribution < -0.4 is 5.73 Å². The Morgan fingerprint density at radius 3 is 2.05 bits per heavy atom. The number of aryl methyl sites for hydroxylation is 2. The lowest BCUT2D eigenvalue weighted by Gasteiger charge is -2.13. The molecule has 2 N–H and O–H groups in total. The molecule has 1 aromatic carbocycles. The third-order valence-electron chi connectivity index (χ3n) is 4.09. The fourth-order valence-corrected chi connectivity index (χ4v) is 2.75. The maximum absolute atomic E-state index is 6.38. The van der Waals surface area contributed by atoms with Crippen LogP contribution >= 0.6 is 0 Å². The molecule has 0 saturated heterocycles. The number of furan rings is 1. The second kappa shape index (κ2) is 5.84. The predicted octanol–water partition coefficient (Wildman–Crippen LogP) is 4.57. The Balaban J connectivity index is 2.17. The van der Waals surface area contributed by atoms with Crippen molar-refractivity contribution in [3.05, 3.63) is 58.0 Å². The first-order chi connectivity index (χ1) is 9.40. The highest BCUT2D eigenvalue weighted by molar-refractivity contribution is 5.35. The van der Waals surface area contributed by atoms with Gasteiger partial charge >= 0.3 is 0 Å². The van der Waals surface area contributed by atoms with Gasteiger partial charge in [0.2, 0.25) is 0 Å². The van der Waals surface area contributed by atoms with Crippen molar-refractivity contribution >= 4 is 0 Å². The Hall–Kier alpha value is -1.54. The van der Waals surface area contributed by atoms with Crippen molar-refractivity contribution in [2.45, 2.75) is 53.0 Å². The first-order valence-electron chi connectivity index (χ1n) is 7.31. The van der Waals surface area contributed by atoms with Crippen molar-refractivity contribution < 1.29 is 4.42 Å². The lowest BCUT2D eigenvalue weighted by Crippen LogP contribution is -2.15. The number of rotatable bonds is 4.